The molecular weight excluding hydrogens is 348 g/mol. The molecule has 0 spiro atoms. The number of benzene rings is 2. The SMILES string of the molecule is CCc1ccccc1NC(=O)c1ccnc(Nc2ccc(Cl)cc2C)n1. The number of hydrogen-bond donors (Lipinski definition) is 2. The molecule has 3 aromatic rings. The number of carbonyl (C=O) groups is 1. The summed E-state index contributed by atoms with van der Waals surface area (Å²) in [4.78, 5) is 21.1. The Labute approximate surface area is 157 Å². The summed E-state index contributed by atoms with van der Waals surface area (Å²) in [5.41, 5.74) is 3.96. The van der Waals surface area contributed by atoms with Gasteiger partial charge in [0, 0.05) is 22.6 Å². The lowest BCUT2D eigenvalue weighted by atomic mass is 10.1. The number of halogens is 1. The summed E-state index contributed by atoms with van der Waals surface area (Å²) in [5, 5.41) is 6.70. The van der Waals surface area contributed by atoms with Crippen molar-refractivity contribution < 1.29 is 4.79 Å². The maximum atomic E-state index is 12.6. The van der Waals surface area contributed by atoms with Gasteiger partial charge in [0.2, 0.25) is 5.95 Å². The normalized spacial score (nSPS) is 10.4. The number of anilines is 3. The van der Waals surface area contributed by atoms with E-state index in [2.05, 4.69) is 20.6 Å². The molecule has 0 aliphatic heterocycles. The Hall–Kier alpha value is -2.92. The van der Waals surface area contributed by atoms with Crippen LogP contribution in [0.25, 0.3) is 0 Å². The van der Waals surface area contributed by atoms with E-state index < -0.39 is 0 Å². The number of amides is 1. The smallest absolute Gasteiger partial charge is 0.274 e. The van der Waals surface area contributed by atoms with Crippen LogP contribution in [0.5, 0.6) is 0 Å². The first-order valence-corrected chi connectivity index (χ1v) is 8.70. The number of carbonyl (C=O) groups excluding carboxylic acids is 1. The second kappa shape index (κ2) is 7.97. The van der Waals surface area contributed by atoms with E-state index in [-0.39, 0.29) is 5.91 Å². The molecule has 1 heterocycles. The first-order chi connectivity index (χ1) is 12.6. The van der Waals surface area contributed by atoms with Crippen LogP contribution in [0.4, 0.5) is 17.3 Å². The van der Waals surface area contributed by atoms with Gasteiger partial charge in [-0.05, 0) is 54.8 Å². The van der Waals surface area contributed by atoms with Crippen LogP contribution in [0.15, 0.2) is 54.7 Å². The topological polar surface area (TPSA) is 66.9 Å². The number of nitrogens with zero attached hydrogens (tertiary/aromatic N) is 2. The van der Waals surface area contributed by atoms with Crippen LogP contribution in [0.1, 0.15) is 28.5 Å². The molecule has 6 heteroatoms. The van der Waals surface area contributed by atoms with Crippen molar-refractivity contribution in [1.29, 1.82) is 0 Å². The van der Waals surface area contributed by atoms with Gasteiger partial charge < -0.3 is 10.6 Å². The maximum Gasteiger partial charge on any atom is 0.274 e. The first-order valence-electron chi connectivity index (χ1n) is 8.32. The molecule has 0 aliphatic rings. The van der Waals surface area contributed by atoms with Gasteiger partial charge in [0.05, 0.1) is 0 Å². The predicted octanol–water partition coefficient (Wildman–Crippen LogP) is 5.00. The molecule has 1 amide bonds. The zero-order valence-corrected chi connectivity index (χ0v) is 15.3. The van der Waals surface area contributed by atoms with E-state index >= 15 is 0 Å². The molecule has 0 fully saturated rings. The van der Waals surface area contributed by atoms with Gasteiger partial charge in [-0.3, -0.25) is 4.79 Å². The van der Waals surface area contributed by atoms with Crippen molar-refractivity contribution in [3.63, 3.8) is 0 Å². The van der Waals surface area contributed by atoms with Gasteiger partial charge in [-0.25, -0.2) is 9.97 Å². The molecule has 0 saturated carbocycles. The summed E-state index contributed by atoms with van der Waals surface area (Å²) in [6, 6.07) is 14.8. The number of nitrogens with one attached hydrogen (secondary N) is 2. The molecule has 0 aliphatic carbocycles. The van der Waals surface area contributed by atoms with E-state index in [1.54, 1.807) is 18.3 Å². The van der Waals surface area contributed by atoms with E-state index in [9.17, 15) is 4.79 Å². The number of hydrogen-bond acceptors (Lipinski definition) is 4. The average molecular weight is 367 g/mol. The number of aromatic nitrogens is 2. The van der Waals surface area contributed by atoms with Crippen LogP contribution in [0, 0.1) is 6.92 Å². The van der Waals surface area contributed by atoms with Crippen molar-refractivity contribution in [2.24, 2.45) is 0 Å². The van der Waals surface area contributed by atoms with E-state index in [0.717, 1.165) is 28.9 Å². The minimum atomic E-state index is -0.274. The van der Waals surface area contributed by atoms with Crippen molar-refractivity contribution in [3.05, 3.63) is 76.6 Å². The van der Waals surface area contributed by atoms with Gasteiger partial charge in [-0.15, -0.1) is 0 Å². The fourth-order valence-electron chi connectivity index (χ4n) is 2.57. The highest BCUT2D eigenvalue weighted by Gasteiger charge is 2.11. The average Bonchev–Trinajstić information content (AvgIpc) is 2.65. The van der Waals surface area contributed by atoms with Crippen LogP contribution in [0.2, 0.25) is 5.02 Å². The molecule has 132 valence electrons. The Morgan fingerprint density at radius 3 is 2.69 bits per heavy atom. The van der Waals surface area contributed by atoms with Crippen molar-refractivity contribution >= 4 is 34.8 Å². The summed E-state index contributed by atoms with van der Waals surface area (Å²) in [6.45, 7) is 3.98. The molecule has 0 unspecified atom stereocenters. The summed E-state index contributed by atoms with van der Waals surface area (Å²) in [5.74, 6) is 0.0797. The van der Waals surface area contributed by atoms with Gasteiger partial charge in [0.1, 0.15) is 5.69 Å². The summed E-state index contributed by atoms with van der Waals surface area (Å²) in [6.07, 6.45) is 2.39. The standard InChI is InChI=1S/C20H19ClN4O/c1-3-14-6-4-5-7-17(14)23-19(26)18-10-11-22-20(25-18)24-16-9-8-15(21)12-13(16)2/h4-12H,3H2,1-2H3,(H,23,26)(H,22,24,25). The van der Waals surface area contributed by atoms with E-state index in [1.807, 2.05) is 50.2 Å². The zero-order valence-electron chi connectivity index (χ0n) is 14.6. The third-order valence-corrected chi connectivity index (χ3v) is 4.20. The minimum Gasteiger partial charge on any atom is -0.324 e. The van der Waals surface area contributed by atoms with Gasteiger partial charge >= 0.3 is 0 Å². The van der Waals surface area contributed by atoms with Crippen LogP contribution >= 0.6 is 11.6 Å². The number of aryl methyl sites for hydroxylation is 2. The van der Waals surface area contributed by atoms with E-state index in [1.165, 1.54) is 0 Å². The Bertz CT molecular complexity index is 943. The Kier molecular flexibility index (Phi) is 5.49. The first kappa shape index (κ1) is 17.9. The third kappa shape index (κ3) is 4.18. The van der Waals surface area contributed by atoms with Gasteiger partial charge in [-0.1, -0.05) is 36.7 Å². The molecule has 3 rings (SSSR count). The van der Waals surface area contributed by atoms with Crippen LogP contribution in [-0.2, 0) is 6.42 Å². The largest absolute Gasteiger partial charge is 0.324 e. The van der Waals surface area contributed by atoms with Crippen LogP contribution in [-0.4, -0.2) is 15.9 Å². The lowest BCUT2D eigenvalue weighted by Crippen LogP contribution is -2.15. The highest BCUT2D eigenvalue weighted by Crippen LogP contribution is 2.22. The van der Waals surface area contributed by atoms with E-state index in [4.69, 9.17) is 11.6 Å². The molecule has 1 aromatic heterocycles. The molecule has 0 atom stereocenters. The van der Waals surface area contributed by atoms with Crippen molar-refractivity contribution in [2.45, 2.75) is 20.3 Å². The van der Waals surface area contributed by atoms with Gasteiger partial charge in [-0.2, -0.15) is 0 Å². The summed E-state index contributed by atoms with van der Waals surface area (Å²) in [7, 11) is 0. The maximum absolute atomic E-state index is 12.6. The van der Waals surface area contributed by atoms with E-state index in [0.29, 0.717) is 16.7 Å². The highest BCUT2D eigenvalue weighted by atomic mass is 35.5. The minimum absolute atomic E-state index is 0.274. The Morgan fingerprint density at radius 1 is 1.12 bits per heavy atom. The van der Waals surface area contributed by atoms with Crippen molar-refractivity contribution in [3.8, 4) is 0 Å². The number of para-hydroxylation sites is 1. The fourth-order valence-corrected chi connectivity index (χ4v) is 2.80. The third-order valence-electron chi connectivity index (χ3n) is 3.97. The predicted molar refractivity (Wildman–Crippen MR) is 105 cm³/mol. The van der Waals surface area contributed by atoms with Crippen molar-refractivity contribution in [2.75, 3.05) is 10.6 Å². The molecule has 0 bridgehead atoms. The second-order valence-corrected chi connectivity index (χ2v) is 6.25. The monoisotopic (exact) mass is 366 g/mol. The summed E-state index contributed by atoms with van der Waals surface area (Å²) >= 11 is 5.98. The molecule has 5 nitrogen and oxygen atoms in total. The van der Waals surface area contributed by atoms with Crippen LogP contribution in [0.3, 0.4) is 0 Å². The molecule has 26 heavy (non-hydrogen) atoms. The lowest BCUT2D eigenvalue weighted by molar-refractivity contribution is 0.102. The van der Waals surface area contributed by atoms with Crippen LogP contribution < -0.4 is 10.6 Å². The molecule has 0 radical (unpaired) electrons. The molecule has 2 aromatic carbocycles. The zero-order chi connectivity index (χ0) is 18.5. The molecule has 0 saturated heterocycles. The summed E-state index contributed by atoms with van der Waals surface area (Å²) < 4.78 is 0. The number of rotatable bonds is 5. The fraction of sp³-hybridized carbons (Fsp3) is 0.150. The second-order valence-electron chi connectivity index (χ2n) is 5.81. The Morgan fingerprint density at radius 2 is 1.92 bits per heavy atom. The Balaban J connectivity index is 1.79. The van der Waals surface area contributed by atoms with Crippen molar-refractivity contribution in [1.82, 2.24) is 9.97 Å². The highest BCUT2D eigenvalue weighted by molar-refractivity contribution is 6.30. The molecule has 2 N–H and O–H groups in total. The lowest BCUT2D eigenvalue weighted by Gasteiger charge is -2.11. The van der Waals surface area contributed by atoms with Gasteiger partial charge in [0.25, 0.3) is 5.91 Å². The van der Waals surface area contributed by atoms with Gasteiger partial charge in [0.15, 0.2) is 0 Å². The quantitative estimate of drug-likeness (QED) is 0.667. The molecular formula is C20H19ClN4O.